The zero-order valence-electron chi connectivity index (χ0n) is 38.0. The number of aliphatic imine (C=N–C) groups is 1. The third-order valence-electron chi connectivity index (χ3n) is 20.4. The van der Waals surface area contributed by atoms with E-state index in [4.69, 9.17) is 16.5 Å². The van der Waals surface area contributed by atoms with E-state index in [-0.39, 0.29) is 67.2 Å². The van der Waals surface area contributed by atoms with E-state index in [0.29, 0.717) is 56.1 Å². The molecule has 0 saturated heterocycles. The lowest BCUT2D eigenvalue weighted by molar-refractivity contribution is -0.219. The SMILES string of the molecule is CC(C(=O)O)=C1CCC2(N=C(N)N)C=CC34CC5(O)C=CC6(O)C7=C8C(=O)C(CCCCC3C2(O)C1O)C4(C)C75CCC#CCC1(C)C(=O)CCC8(C)C1C6C1=Cc2ccccc2CC1. The Labute approximate surface area is 380 Å². The van der Waals surface area contributed by atoms with Crippen LogP contribution in [-0.2, 0) is 20.8 Å². The maximum atomic E-state index is 16.6. The normalized spacial score (nSPS) is 48.2. The summed E-state index contributed by atoms with van der Waals surface area (Å²) < 4.78 is 0. The number of allylic oxidation sites excluding steroid dienone is 2. The lowest BCUT2D eigenvalue weighted by atomic mass is 9.31. The fourth-order valence-corrected chi connectivity index (χ4v) is 17.9. The smallest absolute Gasteiger partial charge is 0.331 e. The molecule has 4 saturated carbocycles. The summed E-state index contributed by atoms with van der Waals surface area (Å²) in [6.45, 7) is 7.72. The lowest BCUT2D eigenvalue weighted by Gasteiger charge is -2.72. The molecule has 0 aromatic heterocycles. The lowest BCUT2D eigenvalue weighted by Crippen LogP contribution is -2.76. The highest BCUT2D eigenvalue weighted by Crippen LogP contribution is 2.86. The number of rotatable bonds is 3. The molecule has 14 unspecified atom stereocenters. The third kappa shape index (κ3) is 4.73. The van der Waals surface area contributed by atoms with Crippen molar-refractivity contribution in [3.05, 3.63) is 87.6 Å². The number of aliphatic hydroxyl groups is 4. The second-order valence-electron chi connectivity index (χ2n) is 22.6. The standard InChI is InChI=1S/C54H63N3O8/c1-30(44(61)62)34-18-23-50(57-45(55)56)25-24-49-29-51(63)26-27-52(64)38(33-17-16-31-12-6-7-13-32(31)28-33)41-46(2)20-10-5-11-21-53(51)42(52)39(47(41,3)22-19-37(46)58)40(59)35(48(49,53)4)14-8-9-15-36(49)54(50,65)43(34)60/h6-7,12-13,24-28,35-36,38,41,43,60,63-65H,8-9,11,14-23,29H2,1-4H3,(H,61,62)(H4,55,56,57). The van der Waals surface area contributed by atoms with Crippen molar-refractivity contribution < 1.29 is 39.9 Å². The van der Waals surface area contributed by atoms with E-state index in [1.54, 1.807) is 18.2 Å². The van der Waals surface area contributed by atoms with Gasteiger partial charge in [-0.1, -0.05) is 87.8 Å². The average Bonchev–Trinajstić information content (AvgIpc) is 3.41. The first kappa shape index (κ1) is 43.0. The first-order chi connectivity index (χ1) is 30.7. The minimum absolute atomic E-state index is 0.0409. The molecule has 4 fully saturated rings. The third-order valence-corrected chi connectivity index (χ3v) is 20.4. The van der Waals surface area contributed by atoms with Crippen molar-refractivity contribution in [2.45, 2.75) is 146 Å². The molecule has 11 rings (SSSR count). The zero-order valence-corrected chi connectivity index (χ0v) is 38.0. The molecule has 14 atom stereocenters. The summed E-state index contributed by atoms with van der Waals surface area (Å²) in [6.07, 6.45) is 13.1. The van der Waals surface area contributed by atoms with Crippen molar-refractivity contribution in [3.63, 3.8) is 0 Å². The zero-order chi connectivity index (χ0) is 46.1. The van der Waals surface area contributed by atoms with Gasteiger partial charge in [-0.05, 0) is 104 Å². The molecular formula is C54H63N3O8. The summed E-state index contributed by atoms with van der Waals surface area (Å²) in [5.74, 6) is 2.71. The number of carboxylic acids is 1. The molecule has 0 amide bonds. The first-order valence-corrected chi connectivity index (χ1v) is 24.0. The Kier molecular flexibility index (Phi) is 8.80. The van der Waals surface area contributed by atoms with Crippen LogP contribution in [0.2, 0.25) is 0 Å². The Balaban J connectivity index is 1.26. The number of aryl methyl sites for hydroxylation is 1. The van der Waals surface area contributed by atoms with Gasteiger partial charge in [-0.25, -0.2) is 9.79 Å². The molecule has 2 spiro atoms. The predicted octanol–water partition coefficient (Wildman–Crippen LogP) is 5.79. The fraction of sp³-hybridized carbons (Fsp3) is 0.593. The molecule has 11 heteroatoms. The molecule has 10 aliphatic rings. The summed E-state index contributed by atoms with van der Waals surface area (Å²) >= 11 is 0. The van der Waals surface area contributed by atoms with E-state index in [2.05, 4.69) is 50.0 Å². The monoisotopic (exact) mass is 881 g/mol. The van der Waals surface area contributed by atoms with Gasteiger partial charge in [0.25, 0.3) is 0 Å². The molecule has 4 bridgehead atoms. The van der Waals surface area contributed by atoms with Crippen LogP contribution in [0.15, 0.2) is 81.4 Å². The molecule has 1 aromatic carbocycles. The van der Waals surface area contributed by atoms with Gasteiger partial charge in [0.2, 0.25) is 0 Å². The maximum absolute atomic E-state index is 16.6. The number of carbonyl (C=O) groups is 3. The van der Waals surface area contributed by atoms with Gasteiger partial charge < -0.3 is 37.0 Å². The van der Waals surface area contributed by atoms with Crippen LogP contribution in [0.5, 0.6) is 0 Å². The molecule has 1 aromatic rings. The quantitative estimate of drug-likeness (QED) is 0.0637. The number of nitrogens with two attached hydrogens (primary N) is 2. The molecule has 9 N–H and O–H groups in total. The van der Waals surface area contributed by atoms with Gasteiger partial charge in [0.15, 0.2) is 11.7 Å². The number of guanidine groups is 1. The average molecular weight is 882 g/mol. The molecule has 65 heavy (non-hydrogen) atoms. The van der Waals surface area contributed by atoms with E-state index >= 15 is 4.79 Å². The molecule has 342 valence electrons. The number of aliphatic carboxylic acids is 1. The van der Waals surface area contributed by atoms with Crippen molar-refractivity contribution in [1.82, 2.24) is 0 Å². The van der Waals surface area contributed by atoms with Crippen LogP contribution in [0.3, 0.4) is 0 Å². The van der Waals surface area contributed by atoms with Crippen molar-refractivity contribution in [3.8, 4) is 11.8 Å². The van der Waals surface area contributed by atoms with E-state index in [1.807, 2.05) is 19.1 Å². The van der Waals surface area contributed by atoms with Gasteiger partial charge >= 0.3 is 5.97 Å². The van der Waals surface area contributed by atoms with E-state index in [1.165, 1.54) is 12.5 Å². The Hall–Kier alpha value is -4.60. The molecule has 0 radical (unpaired) electrons. The number of ketones is 2. The summed E-state index contributed by atoms with van der Waals surface area (Å²) in [5, 5.41) is 65.8. The van der Waals surface area contributed by atoms with Crippen LogP contribution in [0, 0.1) is 62.6 Å². The van der Waals surface area contributed by atoms with Gasteiger partial charge in [0, 0.05) is 69.8 Å². The minimum atomic E-state index is -2.19. The predicted molar refractivity (Wildman–Crippen MR) is 244 cm³/mol. The number of carboxylic acid groups (broad SMARTS) is 1. The largest absolute Gasteiger partial charge is 0.478 e. The van der Waals surface area contributed by atoms with Crippen LogP contribution >= 0.6 is 0 Å². The fourth-order valence-electron chi connectivity index (χ4n) is 17.9. The summed E-state index contributed by atoms with van der Waals surface area (Å²) in [6, 6.07) is 8.28. The van der Waals surface area contributed by atoms with Crippen LogP contribution < -0.4 is 11.5 Å². The minimum Gasteiger partial charge on any atom is -0.478 e. The molecule has 11 nitrogen and oxygen atoms in total. The molecule has 0 aliphatic heterocycles. The number of fused-ring (bicyclic) bond motifs is 4. The Bertz CT molecular complexity index is 2660. The highest BCUT2D eigenvalue weighted by atomic mass is 16.4. The van der Waals surface area contributed by atoms with Gasteiger partial charge in [-0.15, -0.1) is 11.8 Å². The van der Waals surface area contributed by atoms with Crippen LogP contribution in [0.4, 0.5) is 0 Å². The second-order valence-corrected chi connectivity index (χ2v) is 22.6. The van der Waals surface area contributed by atoms with E-state index < -0.39 is 85.2 Å². The second kappa shape index (κ2) is 13.3. The number of hydrogen-bond acceptors (Lipinski definition) is 8. The maximum Gasteiger partial charge on any atom is 0.331 e. The van der Waals surface area contributed by atoms with Gasteiger partial charge in [-0.2, -0.15) is 0 Å². The highest BCUT2D eigenvalue weighted by molar-refractivity contribution is 6.04. The first-order valence-electron chi connectivity index (χ1n) is 24.0. The number of aliphatic hydroxyl groups excluding tert-OH is 1. The number of benzene rings is 1. The van der Waals surface area contributed by atoms with Crippen molar-refractivity contribution >= 4 is 29.6 Å². The van der Waals surface area contributed by atoms with Crippen molar-refractivity contribution in [2.24, 2.45) is 67.2 Å². The number of nitrogens with zero attached hydrogens (tertiary/aromatic N) is 1. The molecule has 10 aliphatic carbocycles. The van der Waals surface area contributed by atoms with Crippen LogP contribution in [-0.4, -0.2) is 77.5 Å². The van der Waals surface area contributed by atoms with Crippen molar-refractivity contribution in [2.75, 3.05) is 0 Å². The number of hydrogen-bond donors (Lipinski definition) is 7. The summed E-state index contributed by atoms with van der Waals surface area (Å²) in [4.78, 5) is 48.7. The molecular weight excluding hydrogens is 819 g/mol. The topological polar surface area (TPSA) is 217 Å². The Morgan fingerprint density at radius 3 is 2.38 bits per heavy atom. The van der Waals surface area contributed by atoms with Crippen LogP contribution in [0.25, 0.3) is 6.08 Å². The Morgan fingerprint density at radius 1 is 0.877 bits per heavy atom. The summed E-state index contributed by atoms with van der Waals surface area (Å²) in [5.41, 5.74) is 3.94. The summed E-state index contributed by atoms with van der Waals surface area (Å²) in [7, 11) is 0. The van der Waals surface area contributed by atoms with Gasteiger partial charge in [0.05, 0.1) is 5.60 Å². The molecule has 0 heterocycles. The van der Waals surface area contributed by atoms with Gasteiger partial charge in [0.1, 0.15) is 28.6 Å². The van der Waals surface area contributed by atoms with Crippen LogP contribution in [0.1, 0.15) is 122 Å². The van der Waals surface area contributed by atoms with Gasteiger partial charge in [-0.3, -0.25) is 9.59 Å². The van der Waals surface area contributed by atoms with Crippen molar-refractivity contribution in [1.29, 1.82) is 0 Å². The highest BCUT2D eigenvalue weighted by Gasteiger charge is 2.87. The Morgan fingerprint density at radius 2 is 1.63 bits per heavy atom. The van der Waals surface area contributed by atoms with E-state index in [9.17, 15) is 35.1 Å². The number of Topliss-reactive ketones (excluding diaryl/α,β-unsaturated/α-hetero) is 2. The van der Waals surface area contributed by atoms with E-state index in [0.717, 1.165) is 17.6 Å². The number of carbonyl (C=O) groups excluding carboxylic acids is 2.